The molecular formula is C20H33NO3. The highest BCUT2D eigenvalue weighted by atomic mass is 16.5. The van der Waals surface area contributed by atoms with Gasteiger partial charge in [-0.15, -0.1) is 0 Å². The third-order valence-electron chi connectivity index (χ3n) is 5.17. The zero-order valence-corrected chi connectivity index (χ0v) is 16.1. The van der Waals surface area contributed by atoms with Gasteiger partial charge < -0.3 is 19.5 Å². The van der Waals surface area contributed by atoms with Crippen molar-refractivity contribution >= 4 is 0 Å². The third kappa shape index (κ3) is 4.35. The van der Waals surface area contributed by atoms with E-state index in [1.54, 1.807) is 21.3 Å². The highest BCUT2D eigenvalue weighted by molar-refractivity contribution is 5.53. The lowest BCUT2D eigenvalue weighted by Gasteiger charge is -2.41. The van der Waals surface area contributed by atoms with Crippen molar-refractivity contribution in [3.05, 3.63) is 17.7 Å². The van der Waals surface area contributed by atoms with Crippen LogP contribution in [0.4, 0.5) is 0 Å². The minimum Gasteiger partial charge on any atom is -0.493 e. The monoisotopic (exact) mass is 335 g/mol. The van der Waals surface area contributed by atoms with Crippen molar-refractivity contribution in [3.8, 4) is 17.2 Å². The summed E-state index contributed by atoms with van der Waals surface area (Å²) in [6, 6.07) is 4.63. The van der Waals surface area contributed by atoms with Crippen LogP contribution < -0.4 is 19.5 Å². The second kappa shape index (κ2) is 8.11. The lowest BCUT2D eigenvalue weighted by atomic mass is 9.69. The molecule has 0 saturated heterocycles. The van der Waals surface area contributed by atoms with Gasteiger partial charge in [0.25, 0.3) is 0 Å². The minimum absolute atomic E-state index is 0.341. The Hall–Kier alpha value is -1.42. The van der Waals surface area contributed by atoms with Crippen LogP contribution in [0.25, 0.3) is 0 Å². The molecule has 1 aliphatic rings. The number of nitrogens with one attached hydrogen (secondary N) is 1. The van der Waals surface area contributed by atoms with Gasteiger partial charge in [-0.2, -0.15) is 0 Å². The standard InChI is InChI=1S/C20H33NO3/c1-20(2,3)15-9-7-8-10-16(15)21-13-14-11-17(22-4)19(24-6)18(12-14)23-5/h11-12,15-16,21H,7-10,13H2,1-6H3. The van der Waals surface area contributed by atoms with Gasteiger partial charge in [0.2, 0.25) is 5.75 Å². The van der Waals surface area contributed by atoms with Crippen LogP contribution in [0.2, 0.25) is 0 Å². The van der Waals surface area contributed by atoms with Gasteiger partial charge in [0.1, 0.15) is 0 Å². The summed E-state index contributed by atoms with van der Waals surface area (Å²) in [6.45, 7) is 7.89. The van der Waals surface area contributed by atoms with Crippen LogP contribution in [0.5, 0.6) is 17.2 Å². The smallest absolute Gasteiger partial charge is 0.203 e. The summed E-state index contributed by atoms with van der Waals surface area (Å²) in [7, 11) is 4.95. The van der Waals surface area contributed by atoms with E-state index in [2.05, 4.69) is 26.1 Å². The van der Waals surface area contributed by atoms with Gasteiger partial charge in [0.05, 0.1) is 21.3 Å². The Bertz CT molecular complexity index is 511. The summed E-state index contributed by atoms with van der Waals surface area (Å²) in [5.74, 6) is 2.79. The predicted octanol–water partition coefficient (Wildman–Crippen LogP) is 4.41. The molecule has 0 aromatic heterocycles. The zero-order valence-electron chi connectivity index (χ0n) is 16.1. The molecule has 1 aliphatic carbocycles. The fourth-order valence-electron chi connectivity index (χ4n) is 3.90. The zero-order chi connectivity index (χ0) is 17.7. The van der Waals surface area contributed by atoms with Gasteiger partial charge in [-0.05, 0) is 41.9 Å². The topological polar surface area (TPSA) is 39.7 Å². The molecule has 0 spiro atoms. The van der Waals surface area contributed by atoms with Crippen LogP contribution in [0, 0.1) is 11.3 Å². The van der Waals surface area contributed by atoms with E-state index in [0.29, 0.717) is 34.6 Å². The molecule has 1 aromatic rings. The molecule has 4 heteroatoms. The molecule has 2 atom stereocenters. The molecular weight excluding hydrogens is 302 g/mol. The van der Waals surface area contributed by atoms with Gasteiger partial charge in [-0.3, -0.25) is 0 Å². The molecule has 0 radical (unpaired) electrons. The Morgan fingerprint density at radius 1 is 0.958 bits per heavy atom. The van der Waals surface area contributed by atoms with E-state index in [1.165, 1.54) is 25.7 Å². The molecule has 1 fully saturated rings. The maximum Gasteiger partial charge on any atom is 0.203 e. The quantitative estimate of drug-likeness (QED) is 0.836. The van der Waals surface area contributed by atoms with Crippen LogP contribution in [-0.2, 0) is 6.54 Å². The second-order valence-electron chi connectivity index (χ2n) is 7.78. The SMILES string of the molecule is COc1cc(CNC2CCCCC2C(C)(C)C)cc(OC)c1OC. The fraction of sp³-hybridized carbons (Fsp3) is 0.700. The Balaban J connectivity index is 2.13. The van der Waals surface area contributed by atoms with Crippen molar-refractivity contribution in [2.45, 2.75) is 59.0 Å². The maximum absolute atomic E-state index is 5.45. The minimum atomic E-state index is 0.341. The first kappa shape index (κ1) is 18.9. The van der Waals surface area contributed by atoms with Crippen molar-refractivity contribution in [3.63, 3.8) is 0 Å². The van der Waals surface area contributed by atoms with E-state index in [4.69, 9.17) is 14.2 Å². The summed E-state index contributed by atoms with van der Waals surface area (Å²) in [4.78, 5) is 0. The molecule has 2 rings (SSSR count). The van der Waals surface area contributed by atoms with Crippen molar-refractivity contribution < 1.29 is 14.2 Å². The molecule has 1 aromatic carbocycles. The number of hydrogen-bond donors (Lipinski definition) is 1. The van der Waals surface area contributed by atoms with Crippen LogP contribution >= 0.6 is 0 Å². The van der Waals surface area contributed by atoms with Gasteiger partial charge in [-0.1, -0.05) is 33.6 Å². The van der Waals surface area contributed by atoms with Crippen LogP contribution in [0.3, 0.4) is 0 Å². The lowest BCUT2D eigenvalue weighted by Crippen LogP contribution is -2.43. The molecule has 0 aliphatic heterocycles. The van der Waals surface area contributed by atoms with Gasteiger partial charge >= 0.3 is 0 Å². The lowest BCUT2D eigenvalue weighted by molar-refractivity contribution is 0.130. The second-order valence-corrected chi connectivity index (χ2v) is 7.78. The fourth-order valence-corrected chi connectivity index (χ4v) is 3.90. The number of ether oxygens (including phenoxy) is 3. The summed E-state index contributed by atoms with van der Waals surface area (Å²) >= 11 is 0. The molecule has 4 nitrogen and oxygen atoms in total. The summed E-state index contributed by atoms with van der Waals surface area (Å²) in [6.07, 6.45) is 5.24. The van der Waals surface area contributed by atoms with Crippen molar-refractivity contribution in [2.24, 2.45) is 11.3 Å². The van der Waals surface area contributed by atoms with E-state index in [-0.39, 0.29) is 0 Å². The summed E-state index contributed by atoms with van der Waals surface area (Å²) < 4.78 is 16.3. The number of rotatable bonds is 6. The van der Waals surface area contributed by atoms with Gasteiger partial charge in [-0.25, -0.2) is 0 Å². The normalized spacial score (nSPS) is 21.4. The molecule has 0 amide bonds. The van der Waals surface area contributed by atoms with Crippen molar-refractivity contribution in [1.82, 2.24) is 5.32 Å². The molecule has 1 saturated carbocycles. The first-order valence-electron chi connectivity index (χ1n) is 8.93. The van der Waals surface area contributed by atoms with E-state index in [0.717, 1.165) is 12.1 Å². The Labute approximate surface area is 146 Å². The molecule has 2 unspecified atom stereocenters. The predicted molar refractivity (Wildman–Crippen MR) is 98.1 cm³/mol. The van der Waals surface area contributed by atoms with Crippen LogP contribution in [0.1, 0.15) is 52.0 Å². The van der Waals surface area contributed by atoms with Gasteiger partial charge in [0, 0.05) is 12.6 Å². The maximum atomic E-state index is 5.45. The molecule has 136 valence electrons. The number of hydrogen-bond acceptors (Lipinski definition) is 4. The van der Waals surface area contributed by atoms with Gasteiger partial charge in [0.15, 0.2) is 11.5 Å². The largest absolute Gasteiger partial charge is 0.493 e. The van der Waals surface area contributed by atoms with Crippen molar-refractivity contribution in [1.29, 1.82) is 0 Å². The van der Waals surface area contributed by atoms with Crippen LogP contribution in [0.15, 0.2) is 12.1 Å². The Morgan fingerprint density at radius 3 is 2.04 bits per heavy atom. The first-order chi connectivity index (χ1) is 11.4. The van der Waals surface area contributed by atoms with E-state index in [1.807, 2.05) is 12.1 Å². The average Bonchev–Trinajstić information content (AvgIpc) is 2.58. The first-order valence-corrected chi connectivity index (χ1v) is 8.93. The summed E-state index contributed by atoms with van der Waals surface area (Å²) in [5, 5.41) is 3.78. The average molecular weight is 335 g/mol. The molecule has 0 heterocycles. The highest BCUT2D eigenvalue weighted by Crippen LogP contribution is 2.40. The van der Waals surface area contributed by atoms with Crippen molar-refractivity contribution in [2.75, 3.05) is 21.3 Å². The highest BCUT2D eigenvalue weighted by Gasteiger charge is 2.33. The molecule has 1 N–H and O–H groups in total. The van der Waals surface area contributed by atoms with E-state index < -0.39 is 0 Å². The summed E-state index contributed by atoms with van der Waals surface area (Å²) in [5.41, 5.74) is 1.50. The Kier molecular flexibility index (Phi) is 6.39. The number of methoxy groups -OCH3 is 3. The van der Waals surface area contributed by atoms with E-state index >= 15 is 0 Å². The Morgan fingerprint density at radius 2 is 1.54 bits per heavy atom. The third-order valence-corrected chi connectivity index (χ3v) is 5.17. The van der Waals surface area contributed by atoms with Crippen LogP contribution in [-0.4, -0.2) is 27.4 Å². The van der Waals surface area contributed by atoms with E-state index in [9.17, 15) is 0 Å². The molecule has 24 heavy (non-hydrogen) atoms. The molecule has 0 bridgehead atoms. The number of benzene rings is 1.